The number of carbonyl (C=O) groups is 2. The van der Waals surface area contributed by atoms with Gasteiger partial charge in [-0.25, -0.2) is 0 Å². The van der Waals surface area contributed by atoms with E-state index in [-0.39, 0.29) is 38.7 Å². The second kappa shape index (κ2) is 13.8. The quantitative estimate of drug-likeness (QED) is 0.410. The van der Waals surface area contributed by atoms with Crippen molar-refractivity contribution in [2.45, 2.75) is 51.5 Å². The normalized spacial score (nSPS) is 20.1. The molecule has 0 bridgehead atoms. The molecule has 0 spiro atoms. The van der Waals surface area contributed by atoms with Gasteiger partial charge < -0.3 is 24.2 Å². The first-order valence-corrected chi connectivity index (χ1v) is 13.2. The molecule has 1 N–H and O–H groups in total. The summed E-state index contributed by atoms with van der Waals surface area (Å²) >= 11 is 0. The molecule has 0 aliphatic carbocycles. The lowest BCUT2D eigenvalue weighted by atomic mass is 9.82. The Morgan fingerprint density at radius 1 is 1.00 bits per heavy atom. The number of benzene rings is 2. The highest BCUT2D eigenvalue weighted by molar-refractivity contribution is 7.59. The number of carboxylic acids is 1. The van der Waals surface area contributed by atoms with Crippen LogP contribution >= 0.6 is 13.5 Å². The minimum atomic E-state index is -0.882. The Hall–Kier alpha value is -2.91. The number of methoxy groups -OCH3 is 1. The molecule has 38 heavy (non-hydrogen) atoms. The Bertz CT molecular complexity index is 1070. The van der Waals surface area contributed by atoms with Crippen LogP contribution in [0.1, 0.15) is 62.6 Å². The SMILES string of the molecule is CCCCN(CCCC)C(=O)CN1C[C@H](c2ccc3c(c2)OCO3)[C@@H](C(=O)O)[C@@H]1c1ccc(OC)cc1.S. The molecule has 9 heteroatoms. The Balaban J connectivity index is 0.00000400. The van der Waals surface area contributed by atoms with Gasteiger partial charge in [0.15, 0.2) is 11.5 Å². The zero-order valence-corrected chi connectivity index (χ0v) is 23.5. The van der Waals surface area contributed by atoms with E-state index in [1.54, 1.807) is 7.11 Å². The number of hydrogen-bond acceptors (Lipinski definition) is 6. The lowest BCUT2D eigenvalue weighted by molar-refractivity contribution is -0.144. The molecule has 2 aromatic rings. The molecule has 0 aromatic heterocycles. The highest BCUT2D eigenvalue weighted by Crippen LogP contribution is 2.47. The summed E-state index contributed by atoms with van der Waals surface area (Å²) in [5.74, 6) is 0.113. The summed E-state index contributed by atoms with van der Waals surface area (Å²) in [4.78, 5) is 30.3. The average Bonchev–Trinajstić information content (AvgIpc) is 3.53. The molecule has 208 valence electrons. The maximum Gasteiger partial charge on any atom is 0.309 e. The minimum Gasteiger partial charge on any atom is -0.497 e. The molecule has 4 rings (SSSR count). The van der Waals surface area contributed by atoms with Gasteiger partial charge in [-0.15, -0.1) is 0 Å². The standard InChI is InChI=1S/C29H38N2O6.H2S/c1-4-6-14-30(15-7-5-2)26(32)18-31-17-23(21-10-13-24-25(16-21)37-19-36-24)27(29(33)34)28(31)20-8-11-22(35-3)12-9-20;/h8-13,16,23,27-28H,4-7,14-15,17-19H2,1-3H3,(H,33,34);1H2/t23-,27-,28+;/m1./s1. The zero-order chi connectivity index (χ0) is 26.4. The molecule has 2 aliphatic rings. The summed E-state index contributed by atoms with van der Waals surface area (Å²) in [5, 5.41) is 10.5. The molecule has 0 saturated carbocycles. The largest absolute Gasteiger partial charge is 0.497 e. The van der Waals surface area contributed by atoms with Crippen molar-refractivity contribution in [1.82, 2.24) is 9.80 Å². The smallest absolute Gasteiger partial charge is 0.309 e. The van der Waals surface area contributed by atoms with Crippen molar-refractivity contribution in [2.75, 3.05) is 40.1 Å². The Kier molecular flexibility index (Phi) is 10.7. The van der Waals surface area contributed by atoms with Gasteiger partial charge in [0.2, 0.25) is 12.7 Å². The van der Waals surface area contributed by atoms with Crippen molar-refractivity contribution in [3.63, 3.8) is 0 Å². The van der Waals surface area contributed by atoms with Gasteiger partial charge in [-0.1, -0.05) is 44.9 Å². The van der Waals surface area contributed by atoms with E-state index < -0.39 is 17.9 Å². The van der Waals surface area contributed by atoms with Gasteiger partial charge in [-0.2, -0.15) is 13.5 Å². The summed E-state index contributed by atoms with van der Waals surface area (Å²) in [7, 11) is 1.60. The number of likely N-dealkylation sites (tertiary alicyclic amines) is 1. The van der Waals surface area contributed by atoms with Gasteiger partial charge in [0, 0.05) is 31.6 Å². The van der Waals surface area contributed by atoms with Crippen LogP contribution in [0.25, 0.3) is 0 Å². The van der Waals surface area contributed by atoms with Crippen LogP contribution in [0.4, 0.5) is 0 Å². The number of unbranched alkanes of at least 4 members (excludes halogenated alkanes) is 2. The summed E-state index contributed by atoms with van der Waals surface area (Å²) < 4.78 is 16.3. The van der Waals surface area contributed by atoms with Gasteiger partial charge in [-0.05, 0) is 48.2 Å². The number of ether oxygens (including phenoxy) is 3. The predicted molar refractivity (Wildman–Crippen MR) is 151 cm³/mol. The molecule has 1 amide bonds. The van der Waals surface area contributed by atoms with E-state index in [2.05, 4.69) is 13.8 Å². The summed E-state index contributed by atoms with van der Waals surface area (Å²) in [6, 6.07) is 12.7. The number of amides is 1. The lowest BCUT2D eigenvalue weighted by Gasteiger charge is -2.30. The molecule has 2 heterocycles. The highest BCUT2D eigenvalue weighted by Gasteiger charge is 2.48. The molecule has 8 nitrogen and oxygen atoms in total. The van der Waals surface area contributed by atoms with E-state index in [1.165, 1.54) is 0 Å². The number of rotatable bonds is 12. The third-order valence-corrected chi connectivity index (χ3v) is 7.42. The number of carboxylic acid groups (broad SMARTS) is 1. The van der Waals surface area contributed by atoms with E-state index in [1.807, 2.05) is 52.3 Å². The van der Waals surface area contributed by atoms with Gasteiger partial charge in [-0.3, -0.25) is 14.5 Å². The molecule has 0 radical (unpaired) electrons. The Morgan fingerprint density at radius 3 is 2.24 bits per heavy atom. The van der Waals surface area contributed by atoms with Gasteiger partial charge in [0.25, 0.3) is 0 Å². The van der Waals surface area contributed by atoms with Crippen LogP contribution in [0.15, 0.2) is 42.5 Å². The molecule has 2 aromatic carbocycles. The molecule has 1 saturated heterocycles. The second-order valence-corrected chi connectivity index (χ2v) is 9.82. The first-order chi connectivity index (χ1) is 18.0. The molecule has 0 unspecified atom stereocenters. The van der Waals surface area contributed by atoms with Crippen LogP contribution in [0.5, 0.6) is 17.2 Å². The average molecular weight is 545 g/mol. The van der Waals surface area contributed by atoms with Crippen LogP contribution in [-0.4, -0.2) is 66.9 Å². The monoisotopic (exact) mass is 544 g/mol. The number of fused-ring (bicyclic) bond motifs is 1. The molecule has 2 aliphatic heterocycles. The van der Waals surface area contributed by atoms with Crippen LogP contribution in [0, 0.1) is 5.92 Å². The molecule has 3 atom stereocenters. The van der Waals surface area contributed by atoms with Crippen molar-refractivity contribution in [1.29, 1.82) is 0 Å². The second-order valence-electron chi connectivity index (χ2n) is 9.82. The fourth-order valence-electron chi connectivity index (χ4n) is 5.41. The summed E-state index contributed by atoms with van der Waals surface area (Å²) in [5.41, 5.74) is 1.73. The van der Waals surface area contributed by atoms with Crippen molar-refractivity contribution in [3.05, 3.63) is 53.6 Å². The van der Waals surface area contributed by atoms with Crippen LogP contribution in [-0.2, 0) is 9.59 Å². The summed E-state index contributed by atoms with van der Waals surface area (Å²) in [6.07, 6.45) is 3.94. The fourth-order valence-corrected chi connectivity index (χ4v) is 5.41. The lowest BCUT2D eigenvalue weighted by Crippen LogP contribution is -2.42. The number of nitrogens with zero attached hydrogens (tertiary/aromatic N) is 2. The van der Waals surface area contributed by atoms with E-state index in [0.717, 1.165) is 49.9 Å². The van der Waals surface area contributed by atoms with Crippen LogP contribution in [0.2, 0.25) is 0 Å². The Labute approximate surface area is 232 Å². The van der Waals surface area contributed by atoms with Gasteiger partial charge in [0.1, 0.15) is 5.75 Å². The number of aliphatic carboxylic acids is 1. The van der Waals surface area contributed by atoms with E-state index in [4.69, 9.17) is 14.2 Å². The topological polar surface area (TPSA) is 88.5 Å². The van der Waals surface area contributed by atoms with E-state index in [9.17, 15) is 14.7 Å². The van der Waals surface area contributed by atoms with Gasteiger partial charge >= 0.3 is 5.97 Å². The highest BCUT2D eigenvalue weighted by atomic mass is 32.1. The first-order valence-electron chi connectivity index (χ1n) is 13.2. The molecular weight excluding hydrogens is 504 g/mol. The maximum absolute atomic E-state index is 13.5. The van der Waals surface area contributed by atoms with E-state index in [0.29, 0.717) is 23.8 Å². The van der Waals surface area contributed by atoms with E-state index >= 15 is 0 Å². The number of carbonyl (C=O) groups excluding carboxylic acids is 1. The predicted octanol–water partition coefficient (Wildman–Crippen LogP) is 4.81. The van der Waals surface area contributed by atoms with Gasteiger partial charge in [0.05, 0.1) is 19.6 Å². The molecule has 1 fully saturated rings. The third kappa shape index (κ3) is 6.56. The van der Waals surface area contributed by atoms with Crippen molar-refractivity contribution in [2.24, 2.45) is 5.92 Å². The van der Waals surface area contributed by atoms with Crippen LogP contribution in [0.3, 0.4) is 0 Å². The van der Waals surface area contributed by atoms with Crippen molar-refractivity contribution in [3.8, 4) is 17.2 Å². The Morgan fingerprint density at radius 2 is 1.63 bits per heavy atom. The zero-order valence-electron chi connectivity index (χ0n) is 22.5. The third-order valence-electron chi connectivity index (χ3n) is 7.42. The fraction of sp³-hybridized carbons (Fsp3) is 0.517. The van der Waals surface area contributed by atoms with Crippen molar-refractivity contribution >= 4 is 25.4 Å². The first kappa shape index (κ1) is 29.6. The van der Waals surface area contributed by atoms with Crippen LogP contribution < -0.4 is 14.2 Å². The minimum absolute atomic E-state index is 0. The number of hydrogen-bond donors (Lipinski definition) is 1. The molecular formula is C29H40N2O6S. The van der Waals surface area contributed by atoms with Crippen molar-refractivity contribution < 1.29 is 28.9 Å². The maximum atomic E-state index is 13.5. The summed E-state index contributed by atoms with van der Waals surface area (Å²) in [6.45, 7) is 6.48.